The lowest BCUT2D eigenvalue weighted by atomic mass is 10.1. The number of carbonyl (C=O) groups excluding carboxylic acids is 1. The summed E-state index contributed by atoms with van der Waals surface area (Å²) in [6, 6.07) is 6.79. The van der Waals surface area contributed by atoms with Gasteiger partial charge in [0.05, 0.1) is 11.3 Å². The van der Waals surface area contributed by atoms with Crippen molar-refractivity contribution in [1.29, 1.82) is 0 Å². The van der Waals surface area contributed by atoms with Gasteiger partial charge in [0, 0.05) is 12.5 Å². The Morgan fingerprint density at radius 3 is 2.58 bits per heavy atom. The second-order valence-corrected chi connectivity index (χ2v) is 4.61. The van der Waals surface area contributed by atoms with E-state index in [9.17, 15) is 9.59 Å². The molecule has 1 amide bonds. The summed E-state index contributed by atoms with van der Waals surface area (Å²) in [4.78, 5) is 22.7. The van der Waals surface area contributed by atoms with E-state index >= 15 is 0 Å². The Hall–Kier alpha value is -1.88. The Balaban J connectivity index is 2.46. The number of rotatable bonds is 7. The van der Waals surface area contributed by atoms with Crippen molar-refractivity contribution in [1.82, 2.24) is 5.32 Å². The first-order chi connectivity index (χ1) is 9.00. The highest BCUT2D eigenvalue weighted by atomic mass is 16.4. The highest BCUT2D eigenvalue weighted by Gasteiger charge is 2.11. The molecule has 0 aliphatic rings. The van der Waals surface area contributed by atoms with Crippen molar-refractivity contribution in [2.45, 2.75) is 32.7 Å². The number of hydrogen-bond acceptors (Lipinski definition) is 3. The number of carboxylic acids is 1. The van der Waals surface area contributed by atoms with Gasteiger partial charge in [0.15, 0.2) is 0 Å². The van der Waals surface area contributed by atoms with Crippen molar-refractivity contribution in [3.63, 3.8) is 0 Å². The minimum Gasteiger partial charge on any atom is -0.478 e. The molecule has 1 rings (SSSR count). The summed E-state index contributed by atoms with van der Waals surface area (Å²) in [6.07, 6.45) is 1.09. The van der Waals surface area contributed by atoms with Gasteiger partial charge in [-0.25, -0.2) is 4.79 Å². The lowest BCUT2D eigenvalue weighted by Gasteiger charge is -2.09. The average molecular weight is 264 g/mol. The zero-order valence-corrected chi connectivity index (χ0v) is 11.3. The third-order valence-electron chi connectivity index (χ3n) is 2.56. The number of aromatic carboxylic acids is 1. The predicted octanol–water partition coefficient (Wildman–Crippen LogP) is 2.10. The van der Waals surface area contributed by atoms with Crippen LogP contribution in [0.2, 0.25) is 0 Å². The van der Waals surface area contributed by atoms with Crippen LogP contribution in [-0.2, 0) is 4.79 Å². The molecule has 5 heteroatoms. The van der Waals surface area contributed by atoms with Crippen molar-refractivity contribution in [2.75, 3.05) is 11.9 Å². The van der Waals surface area contributed by atoms with Crippen LogP contribution in [-0.4, -0.2) is 29.6 Å². The molecular formula is C14H20N2O3. The molecule has 0 saturated heterocycles. The quantitative estimate of drug-likeness (QED) is 0.659. The standard InChI is InChI=1S/C14H20N2O3/c1-10(2)15-9-5-8-13(17)16-12-7-4-3-6-11(12)14(18)19/h3-4,6-7,10,15H,5,8-9H2,1-2H3,(H,16,17)(H,18,19). The molecule has 0 bridgehead atoms. The van der Waals surface area contributed by atoms with Crippen LogP contribution >= 0.6 is 0 Å². The fourth-order valence-electron chi connectivity index (χ4n) is 1.63. The zero-order chi connectivity index (χ0) is 14.3. The summed E-state index contributed by atoms with van der Waals surface area (Å²) in [7, 11) is 0. The number of anilines is 1. The lowest BCUT2D eigenvalue weighted by Crippen LogP contribution is -2.25. The highest BCUT2D eigenvalue weighted by molar-refractivity contribution is 6.00. The molecule has 0 spiro atoms. The molecule has 0 unspecified atom stereocenters. The number of carboxylic acid groups (broad SMARTS) is 1. The topological polar surface area (TPSA) is 78.4 Å². The maximum atomic E-state index is 11.7. The molecule has 0 radical (unpaired) electrons. The molecule has 104 valence electrons. The fourth-order valence-corrected chi connectivity index (χ4v) is 1.63. The molecule has 0 heterocycles. The Morgan fingerprint density at radius 2 is 1.95 bits per heavy atom. The van der Waals surface area contributed by atoms with Crippen molar-refractivity contribution < 1.29 is 14.7 Å². The minimum atomic E-state index is -1.04. The van der Waals surface area contributed by atoms with E-state index in [0.717, 1.165) is 13.0 Å². The summed E-state index contributed by atoms with van der Waals surface area (Å²) in [5, 5.41) is 14.8. The molecule has 19 heavy (non-hydrogen) atoms. The summed E-state index contributed by atoms with van der Waals surface area (Å²) < 4.78 is 0. The summed E-state index contributed by atoms with van der Waals surface area (Å²) in [5.41, 5.74) is 0.452. The van der Waals surface area contributed by atoms with E-state index in [1.165, 1.54) is 6.07 Å². The smallest absolute Gasteiger partial charge is 0.337 e. The fraction of sp³-hybridized carbons (Fsp3) is 0.429. The molecule has 1 aromatic rings. The second-order valence-electron chi connectivity index (χ2n) is 4.61. The molecule has 1 aromatic carbocycles. The maximum Gasteiger partial charge on any atom is 0.337 e. The number of carbonyl (C=O) groups is 2. The molecule has 0 saturated carbocycles. The van der Waals surface area contributed by atoms with Crippen molar-refractivity contribution in [2.24, 2.45) is 0 Å². The van der Waals surface area contributed by atoms with E-state index in [4.69, 9.17) is 5.11 Å². The largest absolute Gasteiger partial charge is 0.478 e. The predicted molar refractivity (Wildman–Crippen MR) is 74.4 cm³/mol. The lowest BCUT2D eigenvalue weighted by molar-refractivity contribution is -0.116. The van der Waals surface area contributed by atoms with Crippen LogP contribution < -0.4 is 10.6 Å². The Bertz CT molecular complexity index is 444. The number of hydrogen-bond donors (Lipinski definition) is 3. The first-order valence-corrected chi connectivity index (χ1v) is 6.36. The molecule has 0 aliphatic heterocycles. The Labute approximate surface area is 113 Å². The van der Waals surface area contributed by atoms with Gasteiger partial charge in [0.1, 0.15) is 0 Å². The van der Waals surface area contributed by atoms with Crippen molar-refractivity contribution in [3.8, 4) is 0 Å². The molecule has 0 aromatic heterocycles. The van der Waals surface area contributed by atoms with Crippen molar-refractivity contribution in [3.05, 3.63) is 29.8 Å². The Morgan fingerprint density at radius 1 is 1.26 bits per heavy atom. The summed E-state index contributed by atoms with van der Waals surface area (Å²) >= 11 is 0. The van der Waals surface area contributed by atoms with Crippen molar-refractivity contribution >= 4 is 17.6 Å². The van der Waals surface area contributed by atoms with E-state index in [1.807, 2.05) is 13.8 Å². The monoisotopic (exact) mass is 264 g/mol. The molecule has 0 fully saturated rings. The van der Waals surface area contributed by atoms with Gasteiger partial charge in [0.25, 0.3) is 0 Å². The summed E-state index contributed by atoms with van der Waals surface area (Å²) in [5.74, 6) is -1.21. The molecule has 3 N–H and O–H groups in total. The van der Waals surface area contributed by atoms with Crippen LogP contribution in [0.5, 0.6) is 0 Å². The van der Waals surface area contributed by atoms with Crippen LogP contribution in [0.4, 0.5) is 5.69 Å². The van der Waals surface area contributed by atoms with Gasteiger partial charge in [-0.1, -0.05) is 26.0 Å². The first-order valence-electron chi connectivity index (χ1n) is 6.36. The minimum absolute atomic E-state index is 0.108. The van der Waals surface area contributed by atoms with E-state index in [1.54, 1.807) is 18.2 Å². The maximum absolute atomic E-state index is 11.7. The number of nitrogens with one attached hydrogen (secondary N) is 2. The number of benzene rings is 1. The Kier molecular flexibility index (Phi) is 6.02. The van der Waals surface area contributed by atoms with Gasteiger partial charge in [-0.2, -0.15) is 0 Å². The zero-order valence-electron chi connectivity index (χ0n) is 11.3. The molecular weight excluding hydrogens is 244 g/mol. The second kappa shape index (κ2) is 7.53. The SMILES string of the molecule is CC(C)NCCCC(=O)Nc1ccccc1C(=O)O. The average Bonchev–Trinajstić information content (AvgIpc) is 2.35. The number of amides is 1. The third-order valence-corrected chi connectivity index (χ3v) is 2.56. The third kappa shape index (κ3) is 5.52. The molecule has 5 nitrogen and oxygen atoms in total. The van der Waals surface area contributed by atoms with Crippen LogP contribution in [0.15, 0.2) is 24.3 Å². The van der Waals surface area contributed by atoms with E-state index in [0.29, 0.717) is 18.2 Å². The normalized spacial score (nSPS) is 10.5. The highest BCUT2D eigenvalue weighted by Crippen LogP contribution is 2.15. The van der Waals surface area contributed by atoms with Crippen LogP contribution in [0.25, 0.3) is 0 Å². The molecule has 0 aliphatic carbocycles. The van der Waals surface area contributed by atoms with Crippen LogP contribution in [0.3, 0.4) is 0 Å². The van der Waals surface area contributed by atoms with E-state index in [2.05, 4.69) is 10.6 Å². The van der Waals surface area contributed by atoms with Gasteiger partial charge in [-0.3, -0.25) is 4.79 Å². The first kappa shape index (κ1) is 15.2. The number of para-hydroxylation sites is 1. The van der Waals surface area contributed by atoms with Gasteiger partial charge in [-0.15, -0.1) is 0 Å². The van der Waals surface area contributed by atoms with Gasteiger partial charge in [-0.05, 0) is 25.1 Å². The summed E-state index contributed by atoms with van der Waals surface area (Å²) in [6.45, 7) is 4.86. The van der Waals surface area contributed by atoms with E-state index in [-0.39, 0.29) is 11.5 Å². The van der Waals surface area contributed by atoms with Gasteiger partial charge >= 0.3 is 5.97 Å². The van der Waals surface area contributed by atoms with Gasteiger partial charge in [0.2, 0.25) is 5.91 Å². The molecule has 0 atom stereocenters. The van der Waals surface area contributed by atoms with Crippen LogP contribution in [0.1, 0.15) is 37.0 Å². The van der Waals surface area contributed by atoms with Crippen LogP contribution in [0, 0.1) is 0 Å². The van der Waals surface area contributed by atoms with E-state index < -0.39 is 5.97 Å². The van der Waals surface area contributed by atoms with Gasteiger partial charge < -0.3 is 15.7 Å².